The van der Waals surface area contributed by atoms with Crippen molar-refractivity contribution in [2.45, 2.75) is 51.6 Å². The first-order chi connectivity index (χ1) is 25.1. The van der Waals surface area contributed by atoms with E-state index >= 15 is 0 Å². The van der Waals surface area contributed by atoms with Crippen LogP contribution in [0.4, 0.5) is 0 Å². The Balaban J connectivity index is 0.00000392. The lowest BCUT2D eigenvalue weighted by Crippen LogP contribution is -2.55. The minimum atomic E-state index is -0.242. The molecule has 2 aromatic rings. The molecule has 0 aliphatic carbocycles. The smallest absolute Gasteiger partial charge is 0.242 e. The molecule has 3 aliphatic rings. The van der Waals surface area contributed by atoms with E-state index in [-0.39, 0.29) is 99.3 Å². The maximum atomic E-state index is 13.2. The molecule has 0 saturated carbocycles. The van der Waals surface area contributed by atoms with Crippen LogP contribution in [0, 0.1) is 0 Å². The highest BCUT2D eigenvalue weighted by atomic mass is 35.5. The molecule has 3 aliphatic heterocycles. The fourth-order valence-electron chi connectivity index (χ4n) is 6.80. The van der Waals surface area contributed by atoms with Gasteiger partial charge in [-0.3, -0.25) is 28.8 Å². The summed E-state index contributed by atoms with van der Waals surface area (Å²) >= 11 is 0. The quantitative estimate of drug-likeness (QED) is 0.318. The molecule has 0 radical (unpaired) electrons. The van der Waals surface area contributed by atoms with Crippen LogP contribution in [-0.2, 0) is 54.7 Å². The van der Waals surface area contributed by atoms with Gasteiger partial charge in [-0.1, -0.05) is 48.5 Å². The van der Waals surface area contributed by atoms with E-state index in [2.05, 4.69) is 0 Å². The van der Waals surface area contributed by atoms with E-state index in [1.54, 1.807) is 19.6 Å². The standard InChI is InChI=1S/C38H52N8O6.2ClH/c39-25-31-5-1-29(2-6-31)9-11-33(47)41-17-21-43(22-18-41)37(51)27-45-15-13-36(50)46(16-14-35(45)49)28-38(52)44-23-19-42(20-24-44)34(48)12-10-30-3-7-32(26-40)8-4-30;;/h1-8H,9-28,39-40H2;2*1H. The highest BCUT2D eigenvalue weighted by Crippen LogP contribution is 2.14. The molecule has 0 bridgehead atoms. The van der Waals surface area contributed by atoms with Crippen LogP contribution in [0.2, 0.25) is 0 Å². The second-order valence-electron chi connectivity index (χ2n) is 13.7. The van der Waals surface area contributed by atoms with Gasteiger partial charge in [-0.2, -0.15) is 0 Å². The van der Waals surface area contributed by atoms with Gasteiger partial charge in [0.25, 0.3) is 0 Å². The number of benzene rings is 2. The summed E-state index contributed by atoms with van der Waals surface area (Å²) in [5, 5.41) is 0. The fourth-order valence-corrected chi connectivity index (χ4v) is 6.80. The van der Waals surface area contributed by atoms with E-state index in [1.165, 1.54) is 9.80 Å². The molecule has 54 heavy (non-hydrogen) atoms. The second-order valence-corrected chi connectivity index (χ2v) is 13.7. The van der Waals surface area contributed by atoms with Gasteiger partial charge in [-0.15, -0.1) is 24.8 Å². The number of nitrogens with zero attached hydrogens (tertiary/aromatic N) is 6. The molecule has 2 aromatic carbocycles. The number of carbonyl (C=O) groups is 6. The van der Waals surface area contributed by atoms with Crippen molar-refractivity contribution >= 4 is 60.3 Å². The van der Waals surface area contributed by atoms with Crippen LogP contribution in [0.3, 0.4) is 0 Å². The molecule has 3 fully saturated rings. The van der Waals surface area contributed by atoms with Crippen molar-refractivity contribution in [3.63, 3.8) is 0 Å². The Morgan fingerprint density at radius 1 is 0.444 bits per heavy atom. The van der Waals surface area contributed by atoms with Crippen molar-refractivity contribution in [1.29, 1.82) is 0 Å². The molecule has 0 spiro atoms. The number of hydrogen-bond acceptors (Lipinski definition) is 8. The lowest BCUT2D eigenvalue weighted by molar-refractivity contribution is -0.148. The average molecular weight is 790 g/mol. The predicted molar refractivity (Wildman–Crippen MR) is 209 cm³/mol. The highest BCUT2D eigenvalue weighted by Gasteiger charge is 2.31. The number of hydrogen-bond donors (Lipinski definition) is 2. The number of amides is 6. The third-order valence-electron chi connectivity index (χ3n) is 10.3. The minimum absolute atomic E-state index is 0. The zero-order chi connectivity index (χ0) is 37.0. The van der Waals surface area contributed by atoms with Gasteiger partial charge in [0, 0.05) is 104 Å². The maximum absolute atomic E-state index is 13.2. The van der Waals surface area contributed by atoms with E-state index in [9.17, 15) is 28.8 Å². The van der Waals surface area contributed by atoms with Crippen LogP contribution >= 0.6 is 24.8 Å². The zero-order valence-electron chi connectivity index (χ0n) is 30.9. The van der Waals surface area contributed by atoms with Crippen molar-refractivity contribution in [1.82, 2.24) is 29.4 Å². The summed E-state index contributed by atoms with van der Waals surface area (Å²) in [6.07, 6.45) is 2.08. The van der Waals surface area contributed by atoms with E-state index < -0.39 is 0 Å². The zero-order valence-corrected chi connectivity index (χ0v) is 32.5. The molecule has 14 nitrogen and oxygen atoms in total. The lowest BCUT2D eigenvalue weighted by Gasteiger charge is -2.37. The van der Waals surface area contributed by atoms with E-state index in [0.29, 0.717) is 91.1 Å². The molecule has 296 valence electrons. The van der Waals surface area contributed by atoms with Gasteiger partial charge < -0.3 is 40.9 Å². The van der Waals surface area contributed by atoms with Gasteiger partial charge in [0.05, 0.1) is 13.1 Å². The SMILES string of the molecule is Cl.Cl.NCc1ccc(CCC(=O)N2CCN(C(=O)CN3CCC(=O)N(CC(=O)N4CCN(C(=O)CCc5ccc(CN)cc5)CC4)CCC3=O)CC2)cc1. The molecule has 6 amide bonds. The number of nitrogens with two attached hydrogens (primary N) is 2. The first-order valence-electron chi connectivity index (χ1n) is 18.4. The summed E-state index contributed by atoms with van der Waals surface area (Å²) in [6.45, 7) is 4.18. The van der Waals surface area contributed by atoms with Crippen molar-refractivity contribution in [2.24, 2.45) is 11.5 Å². The molecule has 5 rings (SSSR count). The van der Waals surface area contributed by atoms with Gasteiger partial charge in [0.15, 0.2) is 0 Å². The van der Waals surface area contributed by atoms with Gasteiger partial charge in [-0.25, -0.2) is 0 Å². The van der Waals surface area contributed by atoms with Crippen molar-refractivity contribution in [3.05, 3.63) is 70.8 Å². The van der Waals surface area contributed by atoms with Crippen molar-refractivity contribution in [2.75, 3.05) is 78.5 Å². The van der Waals surface area contributed by atoms with E-state index in [0.717, 1.165) is 22.3 Å². The molecule has 0 aromatic heterocycles. The Hall–Kier alpha value is -4.24. The van der Waals surface area contributed by atoms with Crippen LogP contribution < -0.4 is 11.5 Å². The molecule has 0 atom stereocenters. The summed E-state index contributed by atoms with van der Waals surface area (Å²) in [6, 6.07) is 15.8. The number of rotatable bonds is 12. The molecule has 3 heterocycles. The van der Waals surface area contributed by atoms with Crippen molar-refractivity contribution in [3.8, 4) is 0 Å². The van der Waals surface area contributed by atoms with Crippen LogP contribution in [0.5, 0.6) is 0 Å². The monoisotopic (exact) mass is 788 g/mol. The minimum Gasteiger partial charge on any atom is -0.339 e. The van der Waals surface area contributed by atoms with Gasteiger partial charge in [0.1, 0.15) is 0 Å². The van der Waals surface area contributed by atoms with Crippen LogP contribution in [0.1, 0.15) is 47.9 Å². The van der Waals surface area contributed by atoms with Gasteiger partial charge in [0.2, 0.25) is 35.4 Å². The van der Waals surface area contributed by atoms with E-state index in [4.69, 9.17) is 11.5 Å². The Labute approximate surface area is 329 Å². The number of halogens is 2. The number of piperazine rings is 2. The summed E-state index contributed by atoms with van der Waals surface area (Å²) in [5.74, 6) is -0.809. The largest absolute Gasteiger partial charge is 0.339 e. The van der Waals surface area contributed by atoms with E-state index in [1.807, 2.05) is 48.5 Å². The first-order valence-corrected chi connectivity index (χ1v) is 18.4. The predicted octanol–water partition coefficient (Wildman–Crippen LogP) is 0.806. The molecule has 3 saturated heterocycles. The average Bonchev–Trinajstić information content (AvgIpc) is 3.18. The molecule has 16 heteroatoms. The molecular formula is C38H54Cl2N8O6. The third-order valence-corrected chi connectivity index (χ3v) is 10.3. The second kappa shape index (κ2) is 21.6. The molecule has 4 N–H and O–H groups in total. The summed E-state index contributed by atoms with van der Waals surface area (Å²) in [5.41, 5.74) is 15.6. The van der Waals surface area contributed by atoms with Gasteiger partial charge >= 0.3 is 0 Å². The normalized spacial score (nSPS) is 16.6. The topological polar surface area (TPSA) is 174 Å². The van der Waals surface area contributed by atoms with Crippen molar-refractivity contribution < 1.29 is 28.8 Å². The first kappa shape index (κ1) is 44.2. The lowest BCUT2D eigenvalue weighted by atomic mass is 10.1. The Morgan fingerprint density at radius 2 is 0.722 bits per heavy atom. The van der Waals surface area contributed by atoms with Crippen LogP contribution in [0.15, 0.2) is 48.5 Å². The van der Waals surface area contributed by atoms with Gasteiger partial charge in [-0.05, 0) is 35.1 Å². The Bertz CT molecular complexity index is 1460. The van der Waals surface area contributed by atoms with Crippen LogP contribution in [0.25, 0.3) is 0 Å². The number of carbonyl (C=O) groups excluding carboxylic acids is 6. The van der Waals surface area contributed by atoms with Crippen LogP contribution in [-0.4, -0.2) is 143 Å². The fraction of sp³-hybridized carbons (Fsp3) is 0.526. The molecular weight excluding hydrogens is 735 g/mol. The highest BCUT2D eigenvalue weighted by molar-refractivity contribution is 5.89. The Morgan fingerprint density at radius 3 is 1.02 bits per heavy atom. The number of aryl methyl sites for hydroxylation is 2. The molecule has 0 unspecified atom stereocenters. The Kier molecular flexibility index (Phi) is 17.7. The third kappa shape index (κ3) is 12.4. The maximum Gasteiger partial charge on any atom is 0.242 e. The summed E-state index contributed by atoms with van der Waals surface area (Å²) in [7, 11) is 0. The summed E-state index contributed by atoms with van der Waals surface area (Å²) < 4.78 is 0. The summed E-state index contributed by atoms with van der Waals surface area (Å²) in [4.78, 5) is 87.8.